The van der Waals surface area contributed by atoms with Crippen molar-refractivity contribution in [3.05, 3.63) is 17.5 Å². The fourth-order valence-electron chi connectivity index (χ4n) is 1.31. The first-order chi connectivity index (χ1) is 6.27. The molecule has 13 heavy (non-hydrogen) atoms. The van der Waals surface area contributed by atoms with Crippen LogP contribution in [0.15, 0.2) is 6.07 Å². The summed E-state index contributed by atoms with van der Waals surface area (Å²) in [7, 11) is 0.934. The molecule has 0 saturated heterocycles. The Hall–Kier alpha value is -0.600. The molecule has 2 N–H and O–H groups in total. The van der Waals surface area contributed by atoms with Crippen LogP contribution in [0.2, 0.25) is 0 Å². The molecule has 1 aliphatic rings. The predicted octanol–water partition coefficient (Wildman–Crippen LogP) is 1.20. The average Bonchev–Trinajstić information content (AvgIpc) is 2.38. The molecule has 0 aliphatic carbocycles. The number of hydrogen-bond donors (Lipinski definition) is 2. The fourth-order valence-corrected chi connectivity index (χ4v) is 2.15. The van der Waals surface area contributed by atoms with E-state index in [0.717, 1.165) is 26.7 Å². The Morgan fingerprint density at radius 3 is 3.23 bits per heavy atom. The van der Waals surface area contributed by atoms with Gasteiger partial charge in [-0.2, -0.15) is 9.89 Å². The van der Waals surface area contributed by atoms with E-state index in [0.29, 0.717) is 5.92 Å². The maximum absolute atomic E-state index is 4.46. The molecule has 1 atom stereocenters. The van der Waals surface area contributed by atoms with Crippen molar-refractivity contribution < 1.29 is 0 Å². The fraction of sp³-hybridized carbons (Fsp3) is 0.625. The molecule has 1 aromatic heterocycles. The van der Waals surface area contributed by atoms with Gasteiger partial charge < -0.3 is 0 Å². The molecule has 0 bridgehead atoms. The van der Waals surface area contributed by atoms with E-state index >= 15 is 0 Å². The zero-order valence-electron chi connectivity index (χ0n) is 7.96. The van der Waals surface area contributed by atoms with E-state index in [1.54, 1.807) is 0 Å². The molecule has 2 rings (SSSR count). The Bertz CT molecular complexity index is 271. The molecule has 0 aromatic carbocycles. The van der Waals surface area contributed by atoms with E-state index in [1.165, 1.54) is 5.69 Å². The molecule has 1 unspecified atom stereocenters. The van der Waals surface area contributed by atoms with Crippen molar-refractivity contribution in [3.8, 4) is 0 Å². The number of fused-ring (bicyclic) bond motifs is 1. The van der Waals surface area contributed by atoms with E-state index < -0.39 is 0 Å². The molecule has 0 fully saturated rings. The summed E-state index contributed by atoms with van der Waals surface area (Å²) in [5, 5.41) is 4.46. The molecule has 0 saturated carbocycles. The lowest BCUT2D eigenvalue weighted by Gasteiger charge is -2.04. The van der Waals surface area contributed by atoms with Crippen molar-refractivity contribution in [2.24, 2.45) is 0 Å². The van der Waals surface area contributed by atoms with Crippen molar-refractivity contribution in [1.29, 1.82) is 0 Å². The largest absolute Gasteiger partial charge is 0.242 e. The lowest BCUT2D eigenvalue weighted by Crippen LogP contribution is -2.29. The predicted molar refractivity (Wildman–Crippen MR) is 55.7 cm³/mol. The lowest BCUT2D eigenvalue weighted by molar-refractivity contribution is 0.640. The van der Waals surface area contributed by atoms with Crippen molar-refractivity contribution in [1.82, 2.24) is 15.3 Å². The van der Waals surface area contributed by atoms with Gasteiger partial charge in [-0.3, -0.25) is 0 Å². The normalized spacial score (nSPS) is 18.4. The molecule has 0 spiro atoms. The standard InChI is InChI=1S/C8H15N4P/c1-6(2)8-3-7-4-13-5-9-11-12(7)10-8/h3,6,9,11,13H,4-5H2,1-2H3. The SMILES string of the molecule is CC(C)c1cc2n(n1)NNCPC2. The van der Waals surface area contributed by atoms with E-state index in [2.05, 4.69) is 36.0 Å². The topological polar surface area (TPSA) is 41.9 Å². The van der Waals surface area contributed by atoms with Crippen LogP contribution in [0, 0.1) is 0 Å². The molecule has 1 aliphatic heterocycles. The summed E-state index contributed by atoms with van der Waals surface area (Å²) in [6.07, 6.45) is 2.15. The Kier molecular flexibility index (Phi) is 2.51. The second-order valence-electron chi connectivity index (χ2n) is 3.52. The number of hydrazine groups is 1. The smallest absolute Gasteiger partial charge is 0.0678 e. The highest BCUT2D eigenvalue weighted by molar-refractivity contribution is 7.37. The van der Waals surface area contributed by atoms with Crippen LogP contribution in [0.3, 0.4) is 0 Å². The highest BCUT2D eigenvalue weighted by Crippen LogP contribution is 2.21. The number of nitrogens with one attached hydrogen (secondary N) is 2. The maximum Gasteiger partial charge on any atom is 0.0678 e. The van der Waals surface area contributed by atoms with Gasteiger partial charge in [-0.25, -0.2) is 11.0 Å². The third kappa shape index (κ3) is 1.84. The van der Waals surface area contributed by atoms with Crippen LogP contribution in [0.1, 0.15) is 31.2 Å². The molecule has 72 valence electrons. The Morgan fingerprint density at radius 1 is 1.62 bits per heavy atom. The average molecular weight is 198 g/mol. The zero-order valence-corrected chi connectivity index (χ0v) is 8.96. The van der Waals surface area contributed by atoms with Crippen molar-refractivity contribution in [2.45, 2.75) is 25.9 Å². The van der Waals surface area contributed by atoms with Crippen LogP contribution in [0.5, 0.6) is 0 Å². The monoisotopic (exact) mass is 198 g/mol. The summed E-state index contributed by atoms with van der Waals surface area (Å²) in [6, 6.07) is 2.19. The van der Waals surface area contributed by atoms with Crippen molar-refractivity contribution in [2.75, 3.05) is 11.8 Å². The Labute approximate surface area is 79.8 Å². The van der Waals surface area contributed by atoms with E-state index in [9.17, 15) is 0 Å². The first kappa shape index (κ1) is 8.97. The number of nitrogens with zero attached hydrogens (tertiary/aromatic N) is 2. The molecule has 2 heterocycles. The van der Waals surface area contributed by atoms with E-state index in [-0.39, 0.29) is 0 Å². The lowest BCUT2D eigenvalue weighted by atomic mass is 10.1. The van der Waals surface area contributed by atoms with Crippen LogP contribution in [0.25, 0.3) is 0 Å². The van der Waals surface area contributed by atoms with Gasteiger partial charge in [0.15, 0.2) is 0 Å². The summed E-state index contributed by atoms with van der Waals surface area (Å²) >= 11 is 0. The summed E-state index contributed by atoms with van der Waals surface area (Å²) in [6.45, 7) is 4.33. The van der Waals surface area contributed by atoms with Gasteiger partial charge in [-0.15, -0.1) is 0 Å². The van der Waals surface area contributed by atoms with Gasteiger partial charge in [0.05, 0.1) is 11.4 Å². The third-order valence-electron chi connectivity index (χ3n) is 2.10. The van der Waals surface area contributed by atoms with Crippen molar-refractivity contribution in [3.63, 3.8) is 0 Å². The minimum absolute atomic E-state index is 0.504. The van der Waals surface area contributed by atoms with Gasteiger partial charge in [-0.05, 0) is 12.0 Å². The van der Waals surface area contributed by atoms with E-state index in [1.807, 2.05) is 4.79 Å². The van der Waals surface area contributed by atoms with Gasteiger partial charge in [0.1, 0.15) is 0 Å². The van der Waals surface area contributed by atoms with Gasteiger partial charge >= 0.3 is 0 Å². The Morgan fingerprint density at radius 2 is 2.46 bits per heavy atom. The van der Waals surface area contributed by atoms with Crippen LogP contribution in [-0.4, -0.2) is 16.2 Å². The minimum atomic E-state index is 0.504. The number of rotatable bonds is 1. The molecule has 4 nitrogen and oxygen atoms in total. The number of aromatic nitrogens is 2. The molecular weight excluding hydrogens is 183 g/mol. The van der Waals surface area contributed by atoms with Gasteiger partial charge in [-0.1, -0.05) is 22.4 Å². The van der Waals surface area contributed by atoms with Crippen LogP contribution in [-0.2, 0) is 6.16 Å². The highest BCUT2D eigenvalue weighted by atomic mass is 31.1. The maximum atomic E-state index is 4.46. The minimum Gasteiger partial charge on any atom is -0.242 e. The zero-order chi connectivity index (χ0) is 9.26. The van der Waals surface area contributed by atoms with Crippen LogP contribution < -0.4 is 11.0 Å². The van der Waals surface area contributed by atoms with Gasteiger partial charge in [0.25, 0.3) is 0 Å². The summed E-state index contributed by atoms with van der Waals surface area (Å²) in [4.78, 5) is 1.86. The Balaban J connectivity index is 2.27. The summed E-state index contributed by atoms with van der Waals surface area (Å²) < 4.78 is 0. The molecule has 1 aromatic rings. The molecule has 5 heteroatoms. The van der Waals surface area contributed by atoms with Crippen LogP contribution in [0.4, 0.5) is 0 Å². The van der Waals surface area contributed by atoms with Crippen LogP contribution >= 0.6 is 8.58 Å². The summed E-state index contributed by atoms with van der Waals surface area (Å²) in [5.74, 6) is 0.504. The first-order valence-electron chi connectivity index (χ1n) is 4.56. The van der Waals surface area contributed by atoms with Gasteiger partial charge in [0, 0.05) is 12.4 Å². The first-order valence-corrected chi connectivity index (χ1v) is 5.97. The van der Waals surface area contributed by atoms with Gasteiger partial charge in [0.2, 0.25) is 0 Å². The third-order valence-corrected chi connectivity index (χ3v) is 3.14. The van der Waals surface area contributed by atoms with Crippen molar-refractivity contribution >= 4 is 8.58 Å². The molecule has 0 radical (unpaired) electrons. The molecule has 0 amide bonds. The quantitative estimate of drug-likeness (QED) is 0.666. The van der Waals surface area contributed by atoms with E-state index in [4.69, 9.17) is 0 Å². The molecular formula is C8H15N4P. The highest BCUT2D eigenvalue weighted by Gasteiger charge is 2.11. The summed E-state index contributed by atoms with van der Waals surface area (Å²) in [5.41, 5.74) is 8.63. The second kappa shape index (κ2) is 3.64. The number of hydrogen-bond acceptors (Lipinski definition) is 3. The second-order valence-corrected chi connectivity index (χ2v) is 4.73.